The summed E-state index contributed by atoms with van der Waals surface area (Å²) in [5.41, 5.74) is 0.875. The minimum Gasteiger partial charge on any atom is -0.372 e. The monoisotopic (exact) mass is 304 g/mol. The Morgan fingerprint density at radius 3 is 2.81 bits per heavy atom. The predicted molar refractivity (Wildman–Crippen MR) is 87.7 cm³/mol. The lowest BCUT2D eigenvalue weighted by Crippen LogP contribution is -2.31. The number of aromatic nitrogens is 2. The van der Waals surface area contributed by atoms with Gasteiger partial charge in [0.1, 0.15) is 5.82 Å². The van der Waals surface area contributed by atoms with Crippen molar-refractivity contribution in [1.82, 2.24) is 15.3 Å². The first-order valence-corrected chi connectivity index (χ1v) is 7.92. The van der Waals surface area contributed by atoms with Crippen LogP contribution in [0.25, 0.3) is 10.9 Å². The van der Waals surface area contributed by atoms with Crippen LogP contribution in [0.5, 0.6) is 0 Å². The van der Waals surface area contributed by atoms with Crippen molar-refractivity contribution in [1.29, 1.82) is 0 Å². The molecule has 1 aromatic carbocycles. The SMILES string of the molecule is CCCNC(=O)[C@@H](C)Sc1nc(NC)c2ccccc2n1. The quantitative estimate of drug-likeness (QED) is 0.634. The first-order valence-electron chi connectivity index (χ1n) is 7.04. The summed E-state index contributed by atoms with van der Waals surface area (Å²) >= 11 is 1.37. The topological polar surface area (TPSA) is 66.9 Å². The fourth-order valence-corrected chi connectivity index (χ4v) is 2.70. The molecule has 1 atom stereocenters. The number of hydrogen-bond donors (Lipinski definition) is 2. The number of fused-ring (bicyclic) bond motifs is 1. The number of anilines is 1. The number of nitrogens with zero attached hydrogens (tertiary/aromatic N) is 2. The van der Waals surface area contributed by atoms with Crippen LogP contribution >= 0.6 is 11.8 Å². The molecule has 0 unspecified atom stereocenters. The molecule has 2 aromatic rings. The molecule has 1 amide bonds. The van der Waals surface area contributed by atoms with Crippen LogP contribution in [0.15, 0.2) is 29.4 Å². The summed E-state index contributed by atoms with van der Waals surface area (Å²) in [5.74, 6) is 0.800. The predicted octanol–water partition coefficient (Wildman–Crippen LogP) is 2.68. The van der Waals surface area contributed by atoms with E-state index in [4.69, 9.17) is 0 Å². The first kappa shape index (κ1) is 15.6. The Hall–Kier alpha value is -1.82. The van der Waals surface area contributed by atoms with Crippen molar-refractivity contribution in [2.24, 2.45) is 0 Å². The van der Waals surface area contributed by atoms with Crippen molar-refractivity contribution in [2.75, 3.05) is 18.9 Å². The Balaban J connectivity index is 2.20. The van der Waals surface area contributed by atoms with E-state index in [2.05, 4.69) is 20.6 Å². The van der Waals surface area contributed by atoms with Crippen LogP contribution in [0.3, 0.4) is 0 Å². The Morgan fingerprint density at radius 1 is 1.33 bits per heavy atom. The molecule has 0 aliphatic carbocycles. The van der Waals surface area contributed by atoms with E-state index >= 15 is 0 Å². The van der Waals surface area contributed by atoms with Crippen LogP contribution in [0.1, 0.15) is 20.3 Å². The van der Waals surface area contributed by atoms with Gasteiger partial charge in [-0.2, -0.15) is 0 Å². The Bertz CT molecular complexity index is 632. The van der Waals surface area contributed by atoms with Gasteiger partial charge in [-0.3, -0.25) is 4.79 Å². The third-order valence-corrected chi connectivity index (χ3v) is 3.98. The number of hydrogen-bond acceptors (Lipinski definition) is 5. The van der Waals surface area contributed by atoms with Crippen molar-refractivity contribution < 1.29 is 4.79 Å². The first-order chi connectivity index (χ1) is 10.2. The van der Waals surface area contributed by atoms with Gasteiger partial charge < -0.3 is 10.6 Å². The Labute approximate surface area is 128 Å². The molecule has 5 nitrogen and oxygen atoms in total. The van der Waals surface area contributed by atoms with Gasteiger partial charge in [0.05, 0.1) is 10.8 Å². The van der Waals surface area contributed by atoms with Crippen LogP contribution in [-0.2, 0) is 4.79 Å². The highest BCUT2D eigenvalue weighted by Crippen LogP contribution is 2.26. The lowest BCUT2D eigenvalue weighted by Gasteiger charge is -2.12. The van der Waals surface area contributed by atoms with Gasteiger partial charge in [0.2, 0.25) is 5.91 Å². The lowest BCUT2D eigenvalue weighted by atomic mass is 10.2. The second kappa shape index (κ2) is 7.26. The van der Waals surface area contributed by atoms with E-state index in [1.54, 1.807) is 0 Å². The molecule has 0 saturated carbocycles. The van der Waals surface area contributed by atoms with Gasteiger partial charge in [-0.05, 0) is 25.5 Å². The highest BCUT2D eigenvalue weighted by atomic mass is 32.2. The van der Waals surface area contributed by atoms with Crippen LogP contribution in [-0.4, -0.2) is 34.7 Å². The van der Waals surface area contributed by atoms with Crippen LogP contribution < -0.4 is 10.6 Å². The number of nitrogens with one attached hydrogen (secondary N) is 2. The summed E-state index contributed by atoms with van der Waals surface area (Å²) in [6, 6.07) is 7.83. The maximum absolute atomic E-state index is 11.9. The number of amides is 1. The molecular formula is C15H20N4OS. The van der Waals surface area contributed by atoms with E-state index < -0.39 is 0 Å². The standard InChI is InChI=1S/C15H20N4OS/c1-4-9-17-14(20)10(2)21-15-18-12-8-6-5-7-11(12)13(16-3)19-15/h5-8,10H,4,9H2,1-3H3,(H,17,20)(H,16,18,19)/t10-/m1/s1. The lowest BCUT2D eigenvalue weighted by molar-refractivity contribution is -0.120. The maximum atomic E-state index is 11.9. The molecule has 1 heterocycles. The van der Waals surface area contributed by atoms with E-state index in [-0.39, 0.29) is 11.2 Å². The second-order valence-electron chi connectivity index (χ2n) is 4.67. The van der Waals surface area contributed by atoms with E-state index in [9.17, 15) is 4.79 Å². The molecular weight excluding hydrogens is 284 g/mol. The maximum Gasteiger partial charge on any atom is 0.233 e. The second-order valence-corrected chi connectivity index (χ2v) is 5.98. The molecule has 0 saturated heterocycles. The van der Waals surface area contributed by atoms with E-state index in [1.807, 2.05) is 45.2 Å². The van der Waals surface area contributed by atoms with Crippen molar-refractivity contribution in [3.63, 3.8) is 0 Å². The zero-order valence-corrected chi connectivity index (χ0v) is 13.3. The molecule has 0 aliphatic rings. The molecule has 21 heavy (non-hydrogen) atoms. The molecule has 2 rings (SSSR count). The highest BCUT2D eigenvalue weighted by Gasteiger charge is 2.16. The van der Waals surface area contributed by atoms with E-state index in [1.165, 1.54) is 11.8 Å². The smallest absolute Gasteiger partial charge is 0.233 e. The number of carbonyl (C=O) groups excluding carboxylic acids is 1. The van der Waals surface area contributed by atoms with Crippen LogP contribution in [0.4, 0.5) is 5.82 Å². The average Bonchev–Trinajstić information content (AvgIpc) is 2.51. The normalized spacial score (nSPS) is 12.1. The number of para-hydroxylation sites is 1. The fourth-order valence-electron chi connectivity index (χ4n) is 1.90. The third-order valence-electron chi connectivity index (χ3n) is 3.02. The van der Waals surface area contributed by atoms with E-state index in [0.717, 1.165) is 23.1 Å². The van der Waals surface area contributed by atoms with Gasteiger partial charge >= 0.3 is 0 Å². The molecule has 0 radical (unpaired) electrons. The number of thioether (sulfide) groups is 1. The molecule has 0 fully saturated rings. The van der Waals surface area contributed by atoms with E-state index in [0.29, 0.717) is 11.7 Å². The highest BCUT2D eigenvalue weighted by molar-refractivity contribution is 8.00. The van der Waals surface area contributed by atoms with Crippen molar-refractivity contribution in [3.8, 4) is 0 Å². The minimum absolute atomic E-state index is 0.0182. The number of rotatable bonds is 6. The number of benzene rings is 1. The molecule has 0 bridgehead atoms. The van der Waals surface area contributed by atoms with Crippen LogP contribution in [0, 0.1) is 0 Å². The van der Waals surface area contributed by atoms with Gasteiger partial charge in [-0.1, -0.05) is 30.8 Å². The summed E-state index contributed by atoms with van der Waals surface area (Å²) in [6.45, 7) is 4.60. The molecule has 1 aromatic heterocycles. The Morgan fingerprint density at radius 2 is 2.10 bits per heavy atom. The fraction of sp³-hybridized carbons (Fsp3) is 0.400. The van der Waals surface area contributed by atoms with Gasteiger partial charge in [0.15, 0.2) is 5.16 Å². The van der Waals surface area contributed by atoms with Gasteiger partial charge in [0, 0.05) is 19.0 Å². The molecule has 2 N–H and O–H groups in total. The Kier molecular flexibility index (Phi) is 5.38. The van der Waals surface area contributed by atoms with Crippen molar-refractivity contribution in [2.45, 2.75) is 30.7 Å². The van der Waals surface area contributed by atoms with Gasteiger partial charge in [-0.25, -0.2) is 9.97 Å². The summed E-state index contributed by atoms with van der Waals surface area (Å²) < 4.78 is 0. The third kappa shape index (κ3) is 3.85. The molecule has 112 valence electrons. The molecule has 6 heteroatoms. The zero-order valence-electron chi connectivity index (χ0n) is 12.5. The zero-order chi connectivity index (χ0) is 15.2. The molecule has 0 aliphatic heterocycles. The molecule has 0 spiro atoms. The van der Waals surface area contributed by atoms with Gasteiger partial charge in [0.25, 0.3) is 0 Å². The average molecular weight is 304 g/mol. The van der Waals surface area contributed by atoms with Crippen LogP contribution in [0.2, 0.25) is 0 Å². The number of carbonyl (C=O) groups is 1. The summed E-state index contributed by atoms with van der Waals surface area (Å²) in [7, 11) is 1.83. The van der Waals surface area contributed by atoms with Crippen molar-refractivity contribution in [3.05, 3.63) is 24.3 Å². The largest absolute Gasteiger partial charge is 0.372 e. The van der Waals surface area contributed by atoms with Gasteiger partial charge in [-0.15, -0.1) is 0 Å². The summed E-state index contributed by atoms with van der Waals surface area (Å²) in [5, 5.41) is 7.34. The summed E-state index contributed by atoms with van der Waals surface area (Å²) in [4.78, 5) is 20.9. The minimum atomic E-state index is -0.220. The van der Waals surface area contributed by atoms with Crippen molar-refractivity contribution >= 4 is 34.4 Å². The summed E-state index contributed by atoms with van der Waals surface area (Å²) in [6.07, 6.45) is 0.930.